The van der Waals surface area contributed by atoms with E-state index in [1.54, 1.807) is 4.90 Å². The number of hydrogen-bond acceptors (Lipinski definition) is 3. The van der Waals surface area contributed by atoms with Crippen molar-refractivity contribution in [2.45, 2.75) is 59.1 Å². The molecule has 116 valence electrons. The molecule has 4 nitrogen and oxygen atoms in total. The summed E-state index contributed by atoms with van der Waals surface area (Å²) in [5, 5.41) is 0. The average molecular weight is 291 g/mol. The molecular formula is C17H25NO3. The first-order valence-corrected chi connectivity index (χ1v) is 7.31. The first-order valence-electron chi connectivity index (χ1n) is 7.31. The quantitative estimate of drug-likeness (QED) is 0.767. The first kappa shape index (κ1) is 17.2. The Kier molecular flexibility index (Phi) is 5.94. The van der Waals surface area contributed by atoms with Gasteiger partial charge in [-0.3, -0.25) is 4.90 Å². The van der Waals surface area contributed by atoms with E-state index in [2.05, 4.69) is 0 Å². The monoisotopic (exact) mass is 291 g/mol. The molecule has 1 atom stereocenters. The van der Waals surface area contributed by atoms with Crippen LogP contribution in [-0.2, 0) is 9.53 Å². The molecule has 1 rings (SSSR count). The third kappa shape index (κ3) is 5.21. The van der Waals surface area contributed by atoms with Gasteiger partial charge in [0.05, 0.1) is 0 Å². The van der Waals surface area contributed by atoms with Crippen molar-refractivity contribution in [1.82, 2.24) is 0 Å². The van der Waals surface area contributed by atoms with E-state index >= 15 is 0 Å². The van der Waals surface area contributed by atoms with Crippen LogP contribution in [-0.4, -0.2) is 24.0 Å². The molecule has 21 heavy (non-hydrogen) atoms. The summed E-state index contributed by atoms with van der Waals surface area (Å²) < 4.78 is 5.49. The lowest BCUT2D eigenvalue weighted by Gasteiger charge is -2.32. The van der Waals surface area contributed by atoms with Gasteiger partial charge in [-0.15, -0.1) is 0 Å². The standard InChI is InChI=1S/C17H25NO3/c1-6-14(10-11-19)18(16(20)21-17(3,4)5)15-9-7-8-13(2)12-15/h7-9,11-12,14H,6,10H2,1-5H3. The number of aryl methyl sites for hydroxylation is 1. The zero-order valence-corrected chi connectivity index (χ0v) is 13.6. The number of ether oxygens (including phenoxy) is 1. The summed E-state index contributed by atoms with van der Waals surface area (Å²) in [6.45, 7) is 9.43. The van der Waals surface area contributed by atoms with Crippen LogP contribution in [0, 0.1) is 6.92 Å². The number of amides is 1. The summed E-state index contributed by atoms with van der Waals surface area (Å²) in [6, 6.07) is 7.47. The van der Waals surface area contributed by atoms with Crippen molar-refractivity contribution in [1.29, 1.82) is 0 Å². The number of carbonyl (C=O) groups is 2. The third-order valence-electron chi connectivity index (χ3n) is 3.07. The van der Waals surface area contributed by atoms with E-state index in [4.69, 9.17) is 4.74 Å². The highest BCUT2D eigenvalue weighted by atomic mass is 16.6. The van der Waals surface area contributed by atoms with E-state index in [9.17, 15) is 9.59 Å². The van der Waals surface area contributed by atoms with Gasteiger partial charge in [0, 0.05) is 18.2 Å². The molecule has 0 aromatic heterocycles. The molecule has 1 aromatic carbocycles. The highest BCUT2D eigenvalue weighted by molar-refractivity contribution is 5.89. The molecule has 1 amide bonds. The lowest BCUT2D eigenvalue weighted by atomic mass is 10.1. The molecule has 0 spiro atoms. The van der Waals surface area contributed by atoms with Crippen LogP contribution in [0.4, 0.5) is 10.5 Å². The van der Waals surface area contributed by atoms with Gasteiger partial charge < -0.3 is 9.53 Å². The molecule has 1 unspecified atom stereocenters. The molecule has 0 radical (unpaired) electrons. The molecule has 0 saturated carbocycles. The molecule has 0 aliphatic heterocycles. The number of rotatable bonds is 5. The Balaban J connectivity index is 3.15. The van der Waals surface area contributed by atoms with E-state index in [1.165, 1.54) is 0 Å². The van der Waals surface area contributed by atoms with E-state index in [0.717, 1.165) is 17.5 Å². The van der Waals surface area contributed by atoms with Gasteiger partial charge in [0.2, 0.25) is 0 Å². The fraction of sp³-hybridized carbons (Fsp3) is 0.529. The summed E-state index contributed by atoms with van der Waals surface area (Å²) in [5.41, 5.74) is 1.25. The van der Waals surface area contributed by atoms with Gasteiger partial charge in [-0.05, 0) is 51.8 Å². The number of nitrogens with zero attached hydrogens (tertiary/aromatic N) is 1. The number of anilines is 1. The van der Waals surface area contributed by atoms with Gasteiger partial charge in [-0.1, -0.05) is 19.1 Å². The minimum Gasteiger partial charge on any atom is -0.443 e. The molecule has 0 fully saturated rings. The van der Waals surface area contributed by atoms with Crippen molar-refractivity contribution in [3.05, 3.63) is 29.8 Å². The van der Waals surface area contributed by atoms with Crippen LogP contribution in [0.2, 0.25) is 0 Å². The first-order chi connectivity index (χ1) is 9.78. The van der Waals surface area contributed by atoms with E-state index in [0.29, 0.717) is 12.8 Å². The van der Waals surface area contributed by atoms with E-state index < -0.39 is 11.7 Å². The summed E-state index contributed by atoms with van der Waals surface area (Å²) in [4.78, 5) is 25.0. The van der Waals surface area contributed by atoms with Crippen LogP contribution in [0.5, 0.6) is 0 Å². The molecule has 1 aromatic rings. The van der Waals surface area contributed by atoms with Crippen LogP contribution in [0.1, 0.15) is 46.1 Å². The second-order valence-electron chi connectivity index (χ2n) is 6.15. The maximum Gasteiger partial charge on any atom is 0.415 e. The van der Waals surface area contributed by atoms with Crippen LogP contribution in [0.15, 0.2) is 24.3 Å². The molecule has 0 aliphatic carbocycles. The Morgan fingerprint density at radius 1 is 1.38 bits per heavy atom. The van der Waals surface area contributed by atoms with Gasteiger partial charge in [-0.2, -0.15) is 0 Å². The van der Waals surface area contributed by atoms with Crippen molar-refractivity contribution in [2.75, 3.05) is 4.90 Å². The van der Waals surface area contributed by atoms with Gasteiger partial charge >= 0.3 is 6.09 Å². The molecule has 0 bridgehead atoms. The van der Waals surface area contributed by atoms with Gasteiger partial charge in [0.1, 0.15) is 11.9 Å². The zero-order chi connectivity index (χ0) is 16.0. The van der Waals surface area contributed by atoms with Crippen LogP contribution in [0.25, 0.3) is 0 Å². The molecule has 0 heterocycles. The number of aldehydes is 1. The van der Waals surface area contributed by atoms with Crippen molar-refractivity contribution >= 4 is 18.1 Å². The fourth-order valence-corrected chi connectivity index (χ4v) is 2.12. The fourth-order valence-electron chi connectivity index (χ4n) is 2.12. The SMILES string of the molecule is CCC(CC=O)N(C(=O)OC(C)(C)C)c1cccc(C)c1. The number of hydrogen-bond donors (Lipinski definition) is 0. The van der Waals surface area contributed by atoms with Gasteiger partial charge in [-0.25, -0.2) is 4.79 Å². The minimum absolute atomic E-state index is 0.195. The van der Waals surface area contributed by atoms with Gasteiger partial charge in [0.15, 0.2) is 0 Å². The third-order valence-corrected chi connectivity index (χ3v) is 3.07. The Labute approximate surface area is 127 Å². The maximum atomic E-state index is 12.5. The molecule has 0 saturated heterocycles. The van der Waals surface area contributed by atoms with E-state index in [1.807, 2.05) is 58.9 Å². The average Bonchev–Trinajstić information content (AvgIpc) is 2.36. The van der Waals surface area contributed by atoms with Crippen molar-refractivity contribution in [3.63, 3.8) is 0 Å². The Morgan fingerprint density at radius 3 is 2.52 bits per heavy atom. The molecule has 0 aliphatic rings. The molecule has 0 N–H and O–H groups in total. The lowest BCUT2D eigenvalue weighted by Crippen LogP contribution is -2.43. The van der Waals surface area contributed by atoms with Crippen LogP contribution >= 0.6 is 0 Å². The smallest absolute Gasteiger partial charge is 0.415 e. The highest BCUT2D eigenvalue weighted by Crippen LogP contribution is 2.24. The largest absolute Gasteiger partial charge is 0.443 e. The number of carbonyl (C=O) groups excluding carboxylic acids is 2. The molecular weight excluding hydrogens is 266 g/mol. The van der Waals surface area contributed by atoms with E-state index in [-0.39, 0.29) is 6.04 Å². The summed E-state index contributed by atoms with van der Waals surface area (Å²) >= 11 is 0. The maximum absolute atomic E-state index is 12.5. The Bertz CT molecular complexity index is 491. The predicted molar refractivity (Wildman–Crippen MR) is 84.7 cm³/mol. The van der Waals surface area contributed by atoms with Crippen molar-refractivity contribution < 1.29 is 14.3 Å². The summed E-state index contributed by atoms with van der Waals surface area (Å²) in [5.74, 6) is 0. The highest BCUT2D eigenvalue weighted by Gasteiger charge is 2.28. The van der Waals surface area contributed by atoms with Crippen LogP contribution < -0.4 is 4.90 Å². The minimum atomic E-state index is -0.571. The Hall–Kier alpha value is -1.84. The topological polar surface area (TPSA) is 46.6 Å². The lowest BCUT2D eigenvalue weighted by molar-refractivity contribution is -0.108. The van der Waals surface area contributed by atoms with Crippen molar-refractivity contribution in [2.24, 2.45) is 0 Å². The summed E-state index contributed by atoms with van der Waals surface area (Å²) in [6.07, 6.45) is 1.42. The normalized spacial score (nSPS) is 12.6. The van der Waals surface area contributed by atoms with Crippen LogP contribution in [0.3, 0.4) is 0 Å². The second kappa shape index (κ2) is 7.25. The van der Waals surface area contributed by atoms with Crippen molar-refractivity contribution in [3.8, 4) is 0 Å². The van der Waals surface area contributed by atoms with Gasteiger partial charge in [0.25, 0.3) is 0 Å². The predicted octanol–water partition coefficient (Wildman–Crippen LogP) is 4.10. The zero-order valence-electron chi connectivity index (χ0n) is 13.6. The summed E-state index contributed by atoms with van der Waals surface area (Å²) in [7, 11) is 0. The number of benzene rings is 1. The Morgan fingerprint density at radius 2 is 2.05 bits per heavy atom. The molecule has 4 heteroatoms. The second-order valence-corrected chi connectivity index (χ2v) is 6.15.